The van der Waals surface area contributed by atoms with Crippen LogP contribution in [-0.4, -0.2) is 15.6 Å². The van der Waals surface area contributed by atoms with Crippen molar-refractivity contribution in [3.63, 3.8) is 0 Å². The molecule has 0 aliphatic carbocycles. The van der Waals surface area contributed by atoms with Crippen LogP contribution in [0.4, 0.5) is 0 Å². The Hall–Kier alpha value is -1.83. The topological polar surface area (TPSA) is 53.6 Å². The van der Waals surface area contributed by atoms with Gasteiger partial charge in [-0.1, -0.05) is 31.5 Å². The number of imidazole rings is 1. The van der Waals surface area contributed by atoms with Crippen molar-refractivity contribution in [2.24, 2.45) is 0 Å². The smallest absolute Gasteiger partial charge is 0.217 e. The van der Waals surface area contributed by atoms with E-state index in [0.29, 0.717) is 23.4 Å². The lowest BCUT2D eigenvalue weighted by molar-refractivity contribution is 0.587. The van der Waals surface area contributed by atoms with Crippen molar-refractivity contribution in [1.29, 1.82) is 5.26 Å². The maximum atomic E-state index is 9.07. The summed E-state index contributed by atoms with van der Waals surface area (Å²) in [6, 6.07) is 8.10. The molecule has 0 radical (unpaired) electrons. The second kappa shape index (κ2) is 5.87. The molecule has 0 aliphatic rings. The van der Waals surface area contributed by atoms with Gasteiger partial charge in [-0.15, -0.1) is 0 Å². The molecule has 0 amide bonds. The minimum atomic E-state index is 0.355. The van der Waals surface area contributed by atoms with Crippen molar-refractivity contribution in [1.82, 2.24) is 14.9 Å². The van der Waals surface area contributed by atoms with Crippen LogP contribution in [0.2, 0.25) is 5.02 Å². The number of hydrogen-bond donors (Lipinski definition) is 1. The van der Waals surface area contributed by atoms with E-state index in [0.717, 1.165) is 11.3 Å². The lowest BCUT2D eigenvalue weighted by Gasteiger charge is -2.15. The number of benzene rings is 1. The number of halogens is 1. The molecule has 1 aromatic heterocycles. The van der Waals surface area contributed by atoms with E-state index in [2.05, 4.69) is 30.2 Å². The van der Waals surface area contributed by atoms with Crippen molar-refractivity contribution in [2.75, 3.05) is 0 Å². The highest BCUT2D eigenvalue weighted by Gasteiger charge is 2.12. The fraction of sp³-hybridized carbons (Fsp3) is 0.286. The van der Waals surface area contributed by atoms with E-state index in [1.54, 1.807) is 17.0 Å². The zero-order valence-corrected chi connectivity index (χ0v) is 11.6. The monoisotopic (exact) mass is 274 g/mol. The molecule has 1 aromatic carbocycles. The van der Waals surface area contributed by atoms with Crippen LogP contribution >= 0.6 is 11.6 Å². The van der Waals surface area contributed by atoms with Gasteiger partial charge in [0.2, 0.25) is 5.82 Å². The molecule has 0 atom stereocenters. The maximum Gasteiger partial charge on any atom is 0.217 e. The van der Waals surface area contributed by atoms with Gasteiger partial charge in [0.05, 0.1) is 5.69 Å². The highest BCUT2D eigenvalue weighted by atomic mass is 35.5. The maximum absolute atomic E-state index is 9.07. The Morgan fingerprint density at radius 1 is 1.47 bits per heavy atom. The Kier molecular flexibility index (Phi) is 4.20. The molecule has 1 heterocycles. The molecule has 0 aliphatic heterocycles. The number of nitriles is 1. The van der Waals surface area contributed by atoms with Gasteiger partial charge in [-0.3, -0.25) is 4.57 Å². The summed E-state index contributed by atoms with van der Waals surface area (Å²) in [6.45, 7) is 4.80. The Balaban J connectivity index is 2.46. The predicted octanol–water partition coefficient (Wildman–Crippen LogP) is 2.90. The van der Waals surface area contributed by atoms with E-state index in [9.17, 15) is 0 Å². The van der Waals surface area contributed by atoms with Crippen LogP contribution in [0.15, 0.2) is 30.6 Å². The summed E-state index contributed by atoms with van der Waals surface area (Å²) in [7, 11) is 0. The zero-order chi connectivity index (χ0) is 13.8. The number of hydrogen-bond acceptors (Lipinski definition) is 3. The van der Waals surface area contributed by atoms with Gasteiger partial charge in [0.15, 0.2) is 0 Å². The Bertz CT molecular complexity index is 610. The highest BCUT2D eigenvalue weighted by molar-refractivity contribution is 6.31. The SMILES string of the molecule is CC(C)NCc1c(Cl)cccc1-n1ccnc1C#N. The van der Waals surface area contributed by atoms with Crippen molar-refractivity contribution in [3.8, 4) is 11.8 Å². The van der Waals surface area contributed by atoms with Crippen LogP contribution < -0.4 is 5.32 Å². The third kappa shape index (κ3) is 2.95. The van der Waals surface area contributed by atoms with E-state index in [-0.39, 0.29) is 0 Å². The third-order valence-electron chi connectivity index (χ3n) is 2.78. The van der Waals surface area contributed by atoms with Crippen molar-refractivity contribution >= 4 is 11.6 Å². The lowest BCUT2D eigenvalue weighted by atomic mass is 10.1. The first-order valence-electron chi connectivity index (χ1n) is 6.08. The second-order valence-corrected chi connectivity index (χ2v) is 4.91. The van der Waals surface area contributed by atoms with E-state index in [1.807, 2.05) is 18.2 Å². The van der Waals surface area contributed by atoms with Crippen molar-refractivity contribution in [2.45, 2.75) is 26.4 Å². The molecule has 98 valence electrons. The molecule has 2 rings (SSSR count). The summed E-state index contributed by atoms with van der Waals surface area (Å²) in [5.74, 6) is 0.355. The van der Waals surface area contributed by atoms with Crippen LogP contribution in [0, 0.1) is 11.3 Å². The van der Waals surface area contributed by atoms with Crippen molar-refractivity contribution in [3.05, 3.63) is 47.0 Å². The van der Waals surface area contributed by atoms with Gasteiger partial charge in [-0.2, -0.15) is 5.26 Å². The Morgan fingerprint density at radius 2 is 2.26 bits per heavy atom. The second-order valence-electron chi connectivity index (χ2n) is 4.51. The normalized spacial score (nSPS) is 10.7. The molecule has 5 heteroatoms. The van der Waals surface area contributed by atoms with Gasteiger partial charge in [0.1, 0.15) is 6.07 Å². The Morgan fingerprint density at radius 3 is 2.95 bits per heavy atom. The number of nitrogens with one attached hydrogen (secondary N) is 1. The molecule has 19 heavy (non-hydrogen) atoms. The predicted molar refractivity (Wildman–Crippen MR) is 75.3 cm³/mol. The lowest BCUT2D eigenvalue weighted by Crippen LogP contribution is -2.23. The van der Waals surface area contributed by atoms with E-state index < -0.39 is 0 Å². The molecule has 1 N–H and O–H groups in total. The molecule has 2 aromatic rings. The zero-order valence-electron chi connectivity index (χ0n) is 10.9. The molecule has 0 spiro atoms. The first-order chi connectivity index (χ1) is 9.13. The fourth-order valence-corrected chi connectivity index (χ4v) is 2.07. The van der Waals surface area contributed by atoms with Gasteiger partial charge in [-0.25, -0.2) is 4.98 Å². The minimum absolute atomic E-state index is 0.355. The minimum Gasteiger partial charge on any atom is -0.310 e. The third-order valence-corrected chi connectivity index (χ3v) is 3.14. The Labute approximate surface area is 117 Å². The van der Waals surface area contributed by atoms with E-state index >= 15 is 0 Å². The summed E-state index contributed by atoms with van der Waals surface area (Å²) in [5, 5.41) is 13.1. The average Bonchev–Trinajstić information content (AvgIpc) is 2.84. The summed E-state index contributed by atoms with van der Waals surface area (Å²) in [4.78, 5) is 4.02. The largest absolute Gasteiger partial charge is 0.310 e. The van der Waals surface area contributed by atoms with Gasteiger partial charge in [0.25, 0.3) is 0 Å². The quantitative estimate of drug-likeness (QED) is 0.933. The van der Waals surface area contributed by atoms with Crippen LogP contribution in [0.1, 0.15) is 25.2 Å². The molecule has 0 saturated heterocycles. The summed E-state index contributed by atoms with van der Waals surface area (Å²) in [6.07, 6.45) is 3.38. The summed E-state index contributed by atoms with van der Waals surface area (Å²) in [5.41, 5.74) is 1.85. The molecule has 0 saturated carbocycles. The number of nitrogens with zero attached hydrogens (tertiary/aromatic N) is 3. The first-order valence-corrected chi connectivity index (χ1v) is 6.46. The van der Waals surface area contributed by atoms with Gasteiger partial charge in [-0.05, 0) is 12.1 Å². The van der Waals surface area contributed by atoms with Gasteiger partial charge in [0, 0.05) is 35.6 Å². The van der Waals surface area contributed by atoms with Gasteiger partial charge < -0.3 is 5.32 Å². The number of rotatable bonds is 4. The van der Waals surface area contributed by atoms with Gasteiger partial charge >= 0.3 is 0 Å². The molecular weight excluding hydrogens is 260 g/mol. The molecular formula is C14H15ClN4. The standard InChI is InChI=1S/C14H15ClN4/c1-10(2)18-9-11-12(15)4-3-5-13(11)19-7-6-17-14(19)8-16/h3-7,10,18H,9H2,1-2H3. The molecule has 4 nitrogen and oxygen atoms in total. The summed E-state index contributed by atoms with van der Waals surface area (Å²) >= 11 is 6.27. The van der Waals surface area contributed by atoms with Crippen LogP contribution in [0.25, 0.3) is 5.69 Å². The first kappa shape index (κ1) is 13.6. The van der Waals surface area contributed by atoms with Crippen LogP contribution in [0.3, 0.4) is 0 Å². The van der Waals surface area contributed by atoms with Crippen LogP contribution in [0.5, 0.6) is 0 Å². The van der Waals surface area contributed by atoms with Crippen molar-refractivity contribution < 1.29 is 0 Å². The molecule has 0 unspecified atom stereocenters. The molecule has 0 fully saturated rings. The van der Waals surface area contributed by atoms with E-state index in [1.165, 1.54) is 0 Å². The molecule has 0 bridgehead atoms. The number of aromatic nitrogens is 2. The fourth-order valence-electron chi connectivity index (χ4n) is 1.83. The van der Waals surface area contributed by atoms with E-state index in [4.69, 9.17) is 16.9 Å². The summed E-state index contributed by atoms with van der Waals surface area (Å²) < 4.78 is 1.75. The highest BCUT2D eigenvalue weighted by Crippen LogP contribution is 2.24. The van der Waals surface area contributed by atoms with Crippen LogP contribution in [-0.2, 0) is 6.54 Å². The average molecular weight is 275 g/mol.